The fourth-order valence-corrected chi connectivity index (χ4v) is 2.45. The molecule has 116 valence electrons. The number of rotatable bonds is 6. The first-order chi connectivity index (χ1) is 9.95. The third-order valence-corrected chi connectivity index (χ3v) is 4.01. The van der Waals surface area contributed by atoms with E-state index in [9.17, 15) is 9.59 Å². The lowest BCUT2D eigenvalue weighted by Crippen LogP contribution is -2.29. The summed E-state index contributed by atoms with van der Waals surface area (Å²) >= 11 is 0. The summed E-state index contributed by atoms with van der Waals surface area (Å²) < 4.78 is 3.17. The molecule has 0 saturated heterocycles. The number of aryl methyl sites for hydroxylation is 3. The highest BCUT2D eigenvalue weighted by atomic mass is 16.2. The van der Waals surface area contributed by atoms with Gasteiger partial charge in [-0.15, -0.1) is 0 Å². The minimum absolute atomic E-state index is 0.377. The molecular formula is C14H23N5O2. The van der Waals surface area contributed by atoms with Crippen LogP contribution in [0.5, 0.6) is 0 Å². The number of nitrogens with zero attached hydrogens (tertiary/aromatic N) is 3. The van der Waals surface area contributed by atoms with Crippen LogP contribution in [0.3, 0.4) is 0 Å². The van der Waals surface area contributed by atoms with Crippen molar-refractivity contribution >= 4 is 11.2 Å². The van der Waals surface area contributed by atoms with Crippen molar-refractivity contribution in [2.75, 3.05) is 7.05 Å². The second-order valence-electron chi connectivity index (χ2n) is 5.51. The van der Waals surface area contributed by atoms with E-state index in [0.29, 0.717) is 17.2 Å². The molecule has 1 unspecified atom stereocenters. The van der Waals surface area contributed by atoms with E-state index in [1.165, 1.54) is 4.57 Å². The van der Waals surface area contributed by atoms with Crippen molar-refractivity contribution in [1.82, 2.24) is 24.4 Å². The van der Waals surface area contributed by atoms with Gasteiger partial charge < -0.3 is 9.88 Å². The minimum atomic E-state index is -0.431. The molecule has 0 spiro atoms. The van der Waals surface area contributed by atoms with E-state index >= 15 is 0 Å². The SMILES string of the molecule is CNC(C)CCCCc1nc2c(c(=O)[nH]c(=O)n2C)n1C. The van der Waals surface area contributed by atoms with Crippen molar-refractivity contribution in [1.29, 1.82) is 0 Å². The number of aromatic nitrogens is 4. The zero-order valence-electron chi connectivity index (χ0n) is 13.1. The maximum Gasteiger partial charge on any atom is 0.329 e. The molecule has 0 aliphatic rings. The molecule has 0 aliphatic heterocycles. The van der Waals surface area contributed by atoms with Gasteiger partial charge in [0.05, 0.1) is 0 Å². The monoisotopic (exact) mass is 293 g/mol. The van der Waals surface area contributed by atoms with E-state index in [4.69, 9.17) is 0 Å². The fourth-order valence-electron chi connectivity index (χ4n) is 2.45. The molecule has 2 N–H and O–H groups in total. The van der Waals surface area contributed by atoms with Gasteiger partial charge in [-0.3, -0.25) is 14.3 Å². The van der Waals surface area contributed by atoms with Crippen LogP contribution < -0.4 is 16.6 Å². The average molecular weight is 293 g/mol. The molecule has 7 nitrogen and oxygen atoms in total. The predicted octanol–water partition coefficient (Wildman–Crippen LogP) is 0.281. The molecular weight excluding hydrogens is 270 g/mol. The molecule has 2 aromatic rings. The Bertz CT molecular complexity index is 740. The summed E-state index contributed by atoms with van der Waals surface area (Å²) in [6, 6.07) is 0.508. The van der Waals surface area contributed by atoms with Crippen molar-refractivity contribution in [2.45, 2.75) is 38.6 Å². The molecule has 7 heteroatoms. The molecule has 0 fully saturated rings. The Hall–Kier alpha value is -1.89. The molecule has 0 aliphatic carbocycles. The van der Waals surface area contributed by atoms with Crippen molar-refractivity contribution in [3.05, 3.63) is 26.7 Å². The fraction of sp³-hybridized carbons (Fsp3) is 0.643. The third-order valence-electron chi connectivity index (χ3n) is 4.01. The van der Waals surface area contributed by atoms with Crippen molar-refractivity contribution in [3.63, 3.8) is 0 Å². The number of imidazole rings is 1. The summed E-state index contributed by atoms with van der Waals surface area (Å²) in [6.45, 7) is 2.16. The number of fused-ring (bicyclic) bond motifs is 1. The summed E-state index contributed by atoms with van der Waals surface area (Å²) in [6.07, 6.45) is 4.02. The predicted molar refractivity (Wildman–Crippen MR) is 82.7 cm³/mol. The molecule has 2 heterocycles. The lowest BCUT2D eigenvalue weighted by molar-refractivity contribution is 0.524. The van der Waals surface area contributed by atoms with E-state index in [-0.39, 0.29) is 5.56 Å². The molecule has 0 amide bonds. The summed E-state index contributed by atoms with van der Waals surface area (Å²) in [5.74, 6) is 0.841. The highest BCUT2D eigenvalue weighted by Crippen LogP contribution is 2.12. The van der Waals surface area contributed by atoms with Gasteiger partial charge in [0.2, 0.25) is 0 Å². The Balaban J connectivity index is 2.20. The normalized spacial score (nSPS) is 13.0. The van der Waals surface area contributed by atoms with Gasteiger partial charge in [0.25, 0.3) is 5.56 Å². The van der Waals surface area contributed by atoms with Gasteiger partial charge in [-0.1, -0.05) is 6.42 Å². The Morgan fingerprint density at radius 2 is 1.95 bits per heavy atom. The molecule has 1 atom stereocenters. The molecule has 0 aromatic carbocycles. The van der Waals surface area contributed by atoms with Crippen LogP contribution in [0.1, 0.15) is 32.0 Å². The third kappa shape index (κ3) is 3.07. The molecule has 2 rings (SSSR count). The van der Waals surface area contributed by atoms with Crippen LogP contribution in [-0.4, -0.2) is 32.2 Å². The maximum atomic E-state index is 11.9. The molecule has 2 aromatic heterocycles. The topological polar surface area (TPSA) is 84.7 Å². The summed E-state index contributed by atoms with van der Waals surface area (Å²) in [5, 5.41) is 3.21. The van der Waals surface area contributed by atoms with Crippen LogP contribution in [0.2, 0.25) is 0 Å². The Kier molecular flexibility index (Phi) is 4.62. The van der Waals surface area contributed by atoms with Crippen LogP contribution in [0.25, 0.3) is 11.2 Å². The van der Waals surface area contributed by atoms with E-state index in [1.54, 1.807) is 11.6 Å². The number of nitrogens with one attached hydrogen (secondary N) is 2. The lowest BCUT2D eigenvalue weighted by Gasteiger charge is -2.09. The van der Waals surface area contributed by atoms with E-state index in [1.807, 2.05) is 14.1 Å². The summed E-state index contributed by atoms with van der Waals surface area (Å²) in [7, 11) is 5.40. The van der Waals surface area contributed by atoms with Gasteiger partial charge in [-0.05, 0) is 26.8 Å². The lowest BCUT2D eigenvalue weighted by atomic mass is 10.1. The van der Waals surface area contributed by atoms with Gasteiger partial charge in [-0.25, -0.2) is 9.78 Å². The number of hydrogen-bond donors (Lipinski definition) is 2. The quantitative estimate of drug-likeness (QED) is 0.749. The number of aromatic amines is 1. The zero-order chi connectivity index (χ0) is 15.6. The second kappa shape index (κ2) is 6.26. The Morgan fingerprint density at radius 1 is 1.24 bits per heavy atom. The number of H-pyrrole nitrogens is 1. The van der Waals surface area contributed by atoms with Gasteiger partial charge in [0, 0.05) is 26.6 Å². The number of unbranched alkanes of at least 4 members (excludes halogenated alkanes) is 1. The van der Waals surface area contributed by atoms with Gasteiger partial charge >= 0.3 is 5.69 Å². The second-order valence-corrected chi connectivity index (χ2v) is 5.51. The molecule has 0 saturated carbocycles. The van der Waals surface area contributed by atoms with E-state index in [2.05, 4.69) is 22.2 Å². The minimum Gasteiger partial charge on any atom is -0.325 e. The van der Waals surface area contributed by atoms with Gasteiger partial charge in [0.1, 0.15) is 5.82 Å². The van der Waals surface area contributed by atoms with Crippen LogP contribution in [-0.2, 0) is 20.5 Å². The van der Waals surface area contributed by atoms with Crippen molar-refractivity contribution in [2.24, 2.45) is 14.1 Å². The standard InChI is InChI=1S/C14H23N5O2/c1-9(15-2)7-5-6-8-10-16-12-11(18(10)3)13(20)17-14(21)19(12)4/h9,15H,5-8H2,1-4H3,(H,17,20,21). The van der Waals surface area contributed by atoms with Crippen molar-refractivity contribution < 1.29 is 0 Å². The van der Waals surface area contributed by atoms with Crippen LogP contribution >= 0.6 is 0 Å². The Morgan fingerprint density at radius 3 is 2.62 bits per heavy atom. The van der Waals surface area contributed by atoms with E-state index < -0.39 is 5.69 Å². The summed E-state index contributed by atoms with van der Waals surface area (Å²) in [4.78, 5) is 30.3. The average Bonchev–Trinajstić information content (AvgIpc) is 2.78. The highest BCUT2D eigenvalue weighted by molar-refractivity contribution is 5.70. The molecule has 0 bridgehead atoms. The van der Waals surface area contributed by atoms with Crippen LogP contribution in [0.15, 0.2) is 9.59 Å². The van der Waals surface area contributed by atoms with Crippen molar-refractivity contribution in [3.8, 4) is 0 Å². The molecule has 0 radical (unpaired) electrons. The first-order valence-electron chi connectivity index (χ1n) is 7.27. The molecule has 21 heavy (non-hydrogen) atoms. The first kappa shape index (κ1) is 15.5. The first-order valence-corrected chi connectivity index (χ1v) is 7.27. The van der Waals surface area contributed by atoms with Crippen LogP contribution in [0.4, 0.5) is 0 Å². The smallest absolute Gasteiger partial charge is 0.325 e. The van der Waals surface area contributed by atoms with Gasteiger partial charge in [0.15, 0.2) is 11.2 Å². The summed E-state index contributed by atoms with van der Waals surface area (Å²) in [5.41, 5.74) is 0.0960. The highest BCUT2D eigenvalue weighted by Gasteiger charge is 2.14. The Labute approximate surface area is 123 Å². The maximum absolute atomic E-state index is 11.9. The van der Waals surface area contributed by atoms with Crippen LogP contribution in [0, 0.1) is 0 Å². The largest absolute Gasteiger partial charge is 0.329 e. The number of hydrogen-bond acceptors (Lipinski definition) is 4. The zero-order valence-corrected chi connectivity index (χ0v) is 13.1. The van der Waals surface area contributed by atoms with Gasteiger partial charge in [-0.2, -0.15) is 0 Å². The van der Waals surface area contributed by atoms with E-state index in [0.717, 1.165) is 31.5 Å².